The van der Waals surface area contributed by atoms with Crippen LogP contribution in [0.3, 0.4) is 0 Å². The molecule has 0 saturated heterocycles. The molecule has 5 nitrogen and oxygen atoms in total. The van der Waals surface area contributed by atoms with Crippen LogP contribution in [0.15, 0.2) is 24.3 Å². The molecular weight excluding hydrogens is 288 g/mol. The van der Waals surface area contributed by atoms with Crippen LogP contribution in [0.5, 0.6) is 0 Å². The summed E-state index contributed by atoms with van der Waals surface area (Å²) >= 11 is 6.21. The first-order valence-corrected chi connectivity index (χ1v) is 7.14. The first kappa shape index (κ1) is 14.1. The van der Waals surface area contributed by atoms with E-state index in [4.69, 9.17) is 11.6 Å². The third kappa shape index (κ3) is 2.32. The number of aliphatic hydroxyl groups is 1. The summed E-state index contributed by atoms with van der Waals surface area (Å²) in [6.07, 6.45) is -0.320. The van der Waals surface area contributed by atoms with Crippen molar-refractivity contribution >= 4 is 22.6 Å². The van der Waals surface area contributed by atoms with Crippen molar-refractivity contribution in [1.82, 2.24) is 19.3 Å². The highest BCUT2D eigenvalue weighted by molar-refractivity contribution is 6.30. The zero-order valence-corrected chi connectivity index (χ0v) is 13.0. The smallest absolute Gasteiger partial charge is 0.132 e. The number of aromatic nitrogens is 4. The van der Waals surface area contributed by atoms with Gasteiger partial charge >= 0.3 is 0 Å². The van der Waals surface area contributed by atoms with Gasteiger partial charge in [0, 0.05) is 26.1 Å². The van der Waals surface area contributed by atoms with Crippen molar-refractivity contribution in [1.29, 1.82) is 0 Å². The van der Waals surface area contributed by atoms with E-state index in [9.17, 15) is 5.11 Å². The van der Waals surface area contributed by atoms with Gasteiger partial charge in [0.05, 0.1) is 22.8 Å². The summed E-state index contributed by atoms with van der Waals surface area (Å²) in [5.74, 6) is 0.822. The summed E-state index contributed by atoms with van der Waals surface area (Å²) in [6, 6.07) is 7.91. The molecule has 3 aromatic rings. The van der Waals surface area contributed by atoms with Crippen molar-refractivity contribution in [2.45, 2.75) is 19.4 Å². The molecule has 0 saturated carbocycles. The number of hydrogen-bond acceptors (Lipinski definition) is 3. The fourth-order valence-corrected chi connectivity index (χ4v) is 2.98. The minimum absolute atomic E-state index is 0.400. The standard InChI is InChI=1S/C15H17ClN4O/c1-9-14(15(16)20(3)18-9)12(21)8-13-17-10-6-4-5-7-11(10)19(13)2/h4-7,12,21H,8H2,1-3H3. The fourth-order valence-electron chi connectivity index (χ4n) is 2.68. The van der Waals surface area contributed by atoms with Crippen molar-refractivity contribution in [2.75, 3.05) is 0 Å². The lowest BCUT2D eigenvalue weighted by Gasteiger charge is -2.10. The summed E-state index contributed by atoms with van der Waals surface area (Å²) in [7, 11) is 3.72. The summed E-state index contributed by atoms with van der Waals surface area (Å²) in [5, 5.41) is 15.2. The number of nitrogens with zero attached hydrogens (tertiary/aromatic N) is 4. The Hall–Kier alpha value is -1.85. The van der Waals surface area contributed by atoms with Crippen LogP contribution in [-0.2, 0) is 20.5 Å². The highest BCUT2D eigenvalue weighted by atomic mass is 35.5. The van der Waals surface area contributed by atoms with Gasteiger partial charge in [0.1, 0.15) is 11.0 Å². The topological polar surface area (TPSA) is 55.9 Å². The maximum Gasteiger partial charge on any atom is 0.132 e. The zero-order valence-electron chi connectivity index (χ0n) is 12.2. The molecule has 1 unspecified atom stereocenters. The van der Waals surface area contributed by atoms with Gasteiger partial charge in [0.15, 0.2) is 0 Å². The fraction of sp³-hybridized carbons (Fsp3) is 0.333. The van der Waals surface area contributed by atoms with Gasteiger partial charge in [0.2, 0.25) is 0 Å². The number of aryl methyl sites for hydroxylation is 3. The van der Waals surface area contributed by atoms with Crippen molar-refractivity contribution < 1.29 is 5.11 Å². The number of hydrogen-bond donors (Lipinski definition) is 1. The number of aliphatic hydroxyl groups excluding tert-OH is 1. The highest BCUT2D eigenvalue weighted by Crippen LogP contribution is 2.28. The molecule has 2 heterocycles. The third-order valence-electron chi connectivity index (χ3n) is 3.79. The van der Waals surface area contributed by atoms with Gasteiger partial charge < -0.3 is 9.67 Å². The lowest BCUT2D eigenvalue weighted by Crippen LogP contribution is -2.08. The van der Waals surface area contributed by atoms with E-state index < -0.39 is 6.10 Å². The number of fused-ring (bicyclic) bond motifs is 1. The van der Waals surface area contributed by atoms with E-state index in [0.29, 0.717) is 17.1 Å². The van der Waals surface area contributed by atoms with Crippen LogP contribution in [0.1, 0.15) is 23.2 Å². The molecule has 1 aromatic carbocycles. The van der Waals surface area contributed by atoms with Crippen LogP contribution in [0.4, 0.5) is 0 Å². The Balaban J connectivity index is 1.96. The van der Waals surface area contributed by atoms with Crippen molar-refractivity contribution in [2.24, 2.45) is 14.1 Å². The summed E-state index contributed by atoms with van der Waals surface area (Å²) < 4.78 is 3.57. The SMILES string of the molecule is Cc1nn(C)c(Cl)c1C(O)Cc1nc2ccccc2n1C. The first-order chi connectivity index (χ1) is 9.99. The molecule has 1 N–H and O–H groups in total. The van der Waals surface area contributed by atoms with Gasteiger partial charge in [0.25, 0.3) is 0 Å². The monoisotopic (exact) mass is 304 g/mol. The zero-order chi connectivity index (χ0) is 15.1. The molecule has 0 aliphatic heterocycles. The average Bonchev–Trinajstić information content (AvgIpc) is 2.88. The molecule has 2 aromatic heterocycles. The van der Waals surface area contributed by atoms with E-state index >= 15 is 0 Å². The molecule has 0 amide bonds. The summed E-state index contributed by atoms with van der Waals surface area (Å²) in [5.41, 5.74) is 3.39. The van der Waals surface area contributed by atoms with E-state index in [1.54, 1.807) is 11.7 Å². The summed E-state index contributed by atoms with van der Waals surface area (Å²) in [4.78, 5) is 4.58. The quantitative estimate of drug-likeness (QED) is 0.809. The Bertz CT molecular complexity index is 805. The number of benzene rings is 1. The van der Waals surface area contributed by atoms with Crippen LogP contribution in [-0.4, -0.2) is 24.4 Å². The Morgan fingerprint density at radius 3 is 2.62 bits per heavy atom. The van der Waals surface area contributed by atoms with E-state index in [2.05, 4.69) is 10.1 Å². The van der Waals surface area contributed by atoms with Gasteiger partial charge in [-0.25, -0.2) is 4.98 Å². The van der Waals surface area contributed by atoms with Crippen LogP contribution < -0.4 is 0 Å². The molecular formula is C15H17ClN4O. The number of rotatable bonds is 3. The molecule has 3 rings (SSSR count). The predicted molar refractivity (Wildman–Crippen MR) is 82.3 cm³/mol. The highest BCUT2D eigenvalue weighted by Gasteiger charge is 2.21. The normalized spacial score (nSPS) is 13.0. The molecule has 0 aliphatic rings. The van der Waals surface area contributed by atoms with Gasteiger partial charge in [-0.05, 0) is 19.1 Å². The van der Waals surface area contributed by atoms with Crippen LogP contribution in [0.25, 0.3) is 11.0 Å². The lowest BCUT2D eigenvalue weighted by atomic mass is 10.1. The predicted octanol–water partition coefficient (Wildman–Crippen LogP) is 2.54. The Labute approximate surface area is 127 Å². The average molecular weight is 305 g/mol. The van der Waals surface area contributed by atoms with Crippen molar-refractivity contribution in [3.8, 4) is 0 Å². The molecule has 0 fully saturated rings. The molecule has 110 valence electrons. The number of para-hydroxylation sites is 2. The second-order valence-corrected chi connectivity index (χ2v) is 5.57. The number of halogens is 1. The second kappa shape index (κ2) is 5.16. The van der Waals surface area contributed by atoms with Crippen LogP contribution in [0.2, 0.25) is 5.15 Å². The molecule has 0 spiro atoms. The molecule has 0 bridgehead atoms. The van der Waals surface area contributed by atoms with E-state index in [1.807, 2.05) is 42.8 Å². The van der Waals surface area contributed by atoms with Crippen LogP contribution in [0, 0.1) is 6.92 Å². The van der Waals surface area contributed by atoms with E-state index in [-0.39, 0.29) is 0 Å². The van der Waals surface area contributed by atoms with E-state index in [0.717, 1.165) is 22.6 Å². The molecule has 1 atom stereocenters. The Morgan fingerprint density at radius 2 is 2.00 bits per heavy atom. The third-order valence-corrected chi connectivity index (χ3v) is 4.23. The summed E-state index contributed by atoms with van der Waals surface area (Å²) in [6.45, 7) is 1.85. The van der Waals surface area contributed by atoms with Gasteiger partial charge in [-0.2, -0.15) is 5.10 Å². The number of imidazole rings is 1. The molecule has 21 heavy (non-hydrogen) atoms. The van der Waals surface area contributed by atoms with Crippen LogP contribution >= 0.6 is 11.6 Å². The lowest BCUT2D eigenvalue weighted by molar-refractivity contribution is 0.174. The molecule has 6 heteroatoms. The van der Waals surface area contributed by atoms with Crippen molar-refractivity contribution in [3.05, 3.63) is 46.5 Å². The van der Waals surface area contributed by atoms with Gasteiger partial charge in [-0.1, -0.05) is 23.7 Å². The minimum atomic E-state index is -0.721. The maximum absolute atomic E-state index is 10.5. The van der Waals surface area contributed by atoms with Gasteiger partial charge in [-0.15, -0.1) is 0 Å². The first-order valence-electron chi connectivity index (χ1n) is 6.76. The Morgan fingerprint density at radius 1 is 1.29 bits per heavy atom. The second-order valence-electron chi connectivity index (χ2n) is 5.21. The molecule has 0 aliphatic carbocycles. The maximum atomic E-state index is 10.5. The Kier molecular flexibility index (Phi) is 3.47. The van der Waals surface area contributed by atoms with Gasteiger partial charge in [-0.3, -0.25) is 4.68 Å². The van der Waals surface area contributed by atoms with Crippen molar-refractivity contribution in [3.63, 3.8) is 0 Å². The molecule has 0 radical (unpaired) electrons. The largest absolute Gasteiger partial charge is 0.388 e. The van der Waals surface area contributed by atoms with E-state index in [1.165, 1.54) is 0 Å². The minimum Gasteiger partial charge on any atom is -0.388 e.